The second-order valence-corrected chi connectivity index (χ2v) is 6.16. The molecule has 0 aliphatic carbocycles. The minimum absolute atomic E-state index is 0.0421. The van der Waals surface area contributed by atoms with E-state index in [1.807, 2.05) is 48.9 Å². The molecule has 118 valence electrons. The lowest BCUT2D eigenvalue weighted by Gasteiger charge is -2.11. The third kappa shape index (κ3) is 3.75. The zero-order valence-corrected chi connectivity index (χ0v) is 13.5. The van der Waals surface area contributed by atoms with Crippen molar-refractivity contribution in [2.24, 2.45) is 7.05 Å². The first-order valence-corrected chi connectivity index (χ1v) is 7.84. The molecule has 3 rings (SSSR count). The topological polar surface area (TPSA) is 107 Å². The van der Waals surface area contributed by atoms with Crippen LogP contribution < -0.4 is 11.1 Å². The maximum Gasteiger partial charge on any atom is 0.232 e. The Morgan fingerprint density at radius 3 is 2.65 bits per heavy atom. The normalized spacial score (nSPS) is 12.1. The first-order chi connectivity index (χ1) is 11.1. The summed E-state index contributed by atoms with van der Waals surface area (Å²) in [5, 5.41) is 11.8. The molecule has 0 fully saturated rings. The van der Waals surface area contributed by atoms with Gasteiger partial charge < -0.3 is 15.6 Å². The van der Waals surface area contributed by atoms with E-state index in [0.29, 0.717) is 11.8 Å². The van der Waals surface area contributed by atoms with Crippen molar-refractivity contribution < 1.29 is 0 Å². The second kappa shape index (κ2) is 6.61. The van der Waals surface area contributed by atoms with Crippen LogP contribution in [0.15, 0.2) is 41.8 Å². The van der Waals surface area contributed by atoms with Gasteiger partial charge in [0.2, 0.25) is 11.9 Å². The Labute approximate surface area is 137 Å². The van der Waals surface area contributed by atoms with E-state index >= 15 is 0 Å². The van der Waals surface area contributed by atoms with Gasteiger partial charge >= 0.3 is 0 Å². The number of nitrogens with one attached hydrogen (secondary N) is 1. The molecule has 0 bridgehead atoms. The minimum atomic E-state index is -0.0421. The number of nitrogens with two attached hydrogens (primary N) is 1. The van der Waals surface area contributed by atoms with Crippen LogP contribution in [0.1, 0.15) is 18.0 Å². The average molecular weight is 328 g/mol. The van der Waals surface area contributed by atoms with Crippen LogP contribution in [0.25, 0.3) is 0 Å². The van der Waals surface area contributed by atoms with Gasteiger partial charge in [0.25, 0.3) is 0 Å². The van der Waals surface area contributed by atoms with Crippen molar-refractivity contribution in [1.29, 1.82) is 0 Å². The van der Waals surface area contributed by atoms with Gasteiger partial charge in [-0.05, 0) is 19.1 Å². The summed E-state index contributed by atoms with van der Waals surface area (Å²) in [5.74, 6) is 1.19. The first kappa shape index (κ1) is 15.2. The third-order valence-corrected chi connectivity index (χ3v) is 4.16. The lowest BCUT2D eigenvalue weighted by molar-refractivity contribution is 0.781. The number of hydrogen-bond donors (Lipinski definition) is 2. The van der Waals surface area contributed by atoms with E-state index < -0.39 is 0 Å². The molecule has 0 saturated heterocycles. The number of hydrogen-bond acceptors (Lipinski definition) is 8. The van der Waals surface area contributed by atoms with E-state index in [9.17, 15) is 0 Å². The van der Waals surface area contributed by atoms with Crippen molar-refractivity contribution >= 4 is 29.3 Å². The quantitative estimate of drug-likeness (QED) is 0.686. The number of aromatic nitrogens is 6. The third-order valence-electron chi connectivity index (χ3n) is 3.02. The molecule has 1 atom stereocenters. The Kier molecular flexibility index (Phi) is 4.38. The number of rotatable bonds is 5. The van der Waals surface area contributed by atoms with Crippen molar-refractivity contribution in [3.05, 3.63) is 42.5 Å². The number of para-hydroxylation sites is 1. The van der Waals surface area contributed by atoms with Crippen LogP contribution in [-0.4, -0.2) is 29.7 Å². The summed E-state index contributed by atoms with van der Waals surface area (Å²) < 4.78 is 1.84. The van der Waals surface area contributed by atoms with Gasteiger partial charge in [0.1, 0.15) is 12.2 Å². The van der Waals surface area contributed by atoms with Gasteiger partial charge in [-0.3, -0.25) is 0 Å². The van der Waals surface area contributed by atoms with Gasteiger partial charge in [0.05, 0.1) is 5.25 Å². The van der Waals surface area contributed by atoms with E-state index in [4.69, 9.17) is 5.73 Å². The van der Waals surface area contributed by atoms with E-state index in [1.54, 1.807) is 6.33 Å². The number of thioether (sulfide) groups is 1. The molecule has 1 aromatic carbocycles. The summed E-state index contributed by atoms with van der Waals surface area (Å²) in [7, 11) is 1.89. The molecule has 1 unspecified atom stereocenters. The summed E-state index contributed by atoms with van der Waals surface area (Å²) in [5.41, 5.74) is 6.70. The number of aryl methyl sites for hydroxylation is 1. The molecule has 3 N–H and O–H groups in total. The smallest absolute Gasteiger partial charge is 0.232 e. The highest BCUT2D eigenvalue weighted by Gasteiger charge is 2.16. The summed E-state index contributed by atoms with van der Waals surface area (Å²) in [6, 6.07) is 9.66. The molecule has 8 nitrogen and oxygen atoms in total. The van der Waals surface area contributed by atoms with Gasteiger partial charge in [-0.2, -0.15) is 15.0 Å². The summed E-state index contributed by atoms with van der Waals surface area (Å²) >= 11 is 1.51. The molecular formula is C14H16N8S. The van der Waals surface area contributed by atoms with E-state index in [-0.39, 0.29) is 11.2 Å². The molecule has 2 heterocycles. The van der Waals surface area contributed by atoms with Gasteiger partial charge in [-0.1, -0.05) is 30.0 Å². The van der Waals surface area contributed by atoms with E-state index in [0.717, 1.165) is 10.8 Å². The highest BCUT2D eigenvalue weighted by molar-refractivity contribution is 7.99. The maximum atomic E-state index is 5.81. The van der Waals surface area contributed by atoms with Crippen molar-refractivity contribution in [2.45, 2.75) is 17.3 Å². The Bertz CT molecular complexity index is 788. The fourth-order valence-electron chi connectivity index (χ4n) is 1.89. The molecule has 0 spiro atoms. The van der Waals surface area contributed by atoms with Crippen molar-refractivity contribution in [3.63, 3.8) is 0 Å². The number of anilines is 3. The summed E-state index contributed by atoms with van der Waals surface area (Å²) in [4.78, 5) is 12.8. The van der Waals surface area contributed by atoms with Crippen LogP contribution in [0, 0.1) is 0 Å². The molecule has 0 saturated carbocycles. The number of nitrogen functional groups attached to an aromatic ring is 1. The van der Waals surface area contributed by atoms with Gasteiger partial charge in [0.15, 0.2) is 5.16 Å². The number of benzene rings is 1. The van der Waals surface area contributed by atoms with Crippen molar-refractivity contribution in [2.75, 3.05) is 11.1 Å². The molecule has 2 aromatic heterocycles. The maximum absolute atomic E-state index is 5.81. The molecular weight excluding hydrogens is 312 g/mol. The molecule has 23 heavy (non-hydrogen) atoms. The fourth-order valence-corrected chi connectivity index (χ4v) is 2.72. The Morgan fingerprint density at radius 1 is 1.17 bits per heavy atom. The van der Waals surface area contributed by atoms with Crippen LogP contribution in [0.4, 0.5) is 17.6 Å². The van der Waals surface area contributed by atoms with Crippen LogP contribution in [-0.2, 0) is 7.05 Å². The van der Waals surface area contributed by atoms with Crippen LogP contribution >= 0.6 is 11.8 Å². The predicted molar refractivity (Wildman–Crippen MR) is 89.2 cm³/mol. The Balaban J connectivity index is 1.81. The van der Waals surface area contributed by atoms with Gasteiger partial charge in [0, 0.05) is 12.7 Å². The molecule has 9 heteroatoms. The molecule has 0 aliphatic heterocycles. The highest BCUT2D eigenvalue weighted by atomic mass is 32.2. The SMILES string of the molecule is CC(Sc1nncn1C)c1nc(N)nc(Nc2ccccc2)n1. The second-order valence-electron chi connectivity index (χ2n) is 4.85. The van der Waals surface area contributed by atoms with Gasteiger partial charge in [-0.25, -0.2) is 0 Å². The van der Waals surface area contributed by atoms with E-state index in [2.05, 4.69) is 30.5 Å². The monoisotopic (exact) mass is 328 g/mol. The van der Waals surface area contributed by atoms with E-state index in [1.165, 1.54) is 11.8 Å². The molecule has 0 radical (unpaired) electrons. The molecule has 0 amide bonds. The Morgan fingerprint density at radius 2 is 1.96 bits per heavy atom. The van der Waals surface area contributed by atoms with Crippen molar-refractivity contribution in [3.8, 4) is 0 Å². The minimum Gasteiger partial charge on any atom is -0.368 e. The first-order valence-electron chi connectivity index (χ1n) is 6.96. The zero-order valence-electron chi connectivity index (χ0n) is 12.7. The molecule has 0 aliphatic rings. The molecule has 3 aromatic rings. The van der Waals surface area contributed by atoms with Crippen LogP contribution in [0.2, 0.25) is 0 Å². The lowest BCUT2D eigenvalue weighted by atomic mass is 10.3. The average Bonchev–Trinajstić information content (AvgIpc) is 2.93. The predicted octanol–water partition coefficient (Wildman–Crippen LogP) is 2.18. The zero-order chi connectivity index (χ0) is 16.2. The number of nitrogens with zero attached hydrogens (tertiary/aromatic N) is 6. The van der Waals surface area contributed by atoms with Crippen LogP contribution in [0.5, 0.6) is 0 Å². The fraction of sp³-hybridized carbons (Fsp3) is 0.214. The van der Waals surface area contributed by atoms with Crippen LogP contribution in [0.3, 0.4) is 0 Å². The Hall–Kier alpha value is -2.68. The van der Waals surface area contributed by atoms with Crippen molar-refractivity contribution in [1.82, 2.24) is 29.7 Å². The standard InChI is InChI=1S/C14H16N8S/c1-9(23-14-21-16-8-22(14)2)11-18-12(15)20-13(19-11)17-10-6-4-3-5-7-10/h3-9H,1-2H3,(H3,15,17,18,19,20). The lowest BCUT2D eigenvalue weighted by Crippen LogP contribution is -2.08. The summed E-state index contributed by atoms with van der Waals surface area (Å²) in [6.07, 6.45) is 1.65. The summed E-state index contributed by atoms with van der Waals surface area (Å²) in [6.45, 7) is 1.99. The largest absolute Gasteiger partial charge is 0.368 e. The highest BCUT2D eigenvalue weighted by Crippen LogP contribution is 2.31. The van der Waals surface area contributed by atoms with Gasteiger partial charge in [-0.15, -0.1) is 10.2 Å².